The Morgan fingerprint density at radius 2 is 2.00 bits per heavy atom. The predicted octanol–water partition coefficient (Wildman–Crippen LogP) is 1.90. The summed E-state index contributed by atoms with van der Waals surface area (Å²) in [5.41, 5.74) is 0.225. The quantitative estimate of drug-likeness (QED) is 0.827. The van der Waals surface area contributed by atoms with Gasteiger partial charge in [0.15, 0.2) is 0 Å². The maximum Gasteiger partial charge on any atom is 0.237 e. The Bertz CT molecular complexity index is 317. The summed E-state index contributed by atoms with van der Waals surface area (Å²) in [4.78, 5) is 15.0. The zero-order valence-corrected chi connectivity index (χ0v) is 13.4. The van der Waals surface area contributed by atoms with Crippen LogP contribution in [0.15, 0.2) is 0 Å². The number of carbonyl (C=O) groups excluding carboxylic acids is 1. The number of carbonyl (C=O) groups is 1. The molecular formula is C16H31N3O. The molecule has 0 aromatic carbocycles. The second kappa shape index (κ2) is 6.90. The fourth-order valence-corrected chi connectivity index (χ4v) is 3.74. The Balaban J connectivity index is 2.05. The van der Waals surface area contributed by atoms with Gasteiger partial charge in [0.05, 0.1) is 6.04 Å². The maximum atomic E-state index is 12.5. The zero-order chi connectivity index (χ0) is 14.6. The Hall–Kier alpha value is -0.610. The minimum Gasteiger partial charge on any atom is -0.352 e. The van der Waals surface area contributed by atoms with Gasteiger partial charge in [0.2, 0.25) is 5.91 Å². The molecule has 2 N–H and O–H groups in total. The average Bonchev–Trinajstić information content (AvgIpc) is 2.47. The van der Waals surface area contributed by atoms with Gasteiger partial charge in [-0.3, -0.25) is 9.69 Å². The van der Waals surface area contributed by atoms with E-state index in [1.807, 2.05) is 0 Å². The summed E-state index contributed by atoms with van der Waals surface area (Å²) in [6.07, 6.45) is 7.42. The summed E-state index contributed by atoms with van der Waals surface area (Å²) in [5, 5.41) is 6.70. The molecule has 1 saturated heterocycles. The molecule has 116 valence electrons. The molecule has 1 spiro atoms. The molecule has 2 fully saturated rings. The normalized spacial score (nSPS) is 26.1. The summed E-state index contributed by atoms with van der Waals surface area (Å²) in [6.45, 7) is 9.33. The van der Waals surface area contributed by atoms with Crippen LogP contribution in [0.2, 0.25) is 0 Å². The average molecular weight is 281 g/mol. The summed E-state index contributed by atoms with van der Waals surface area (Å²) < 4.78 is 0. The Morgan fingerprint density at radius 3 is 2.65 bits per heavy atom. The molecule has 2 atom stereocenters. The van der Waals surface area contributed by atoms with E-state index in [1.165, 1.54) is 32.1 Å². The summed E-state index contributed by atoms with van der Waals surface area (Å²) in [7, 11) is 0. The molecule has 1 aliphatic carbocycles. The number of nitrogens with zero attached hydrogens (tertiary/aromatic N) is 1. The fourth-order valence-electron chi connectivity index (χ4n) is 3.74. The van der Waals surface area contributed by atoms with Crippen molar-refractivity contribution in [2.45, 2.75) is 76.9 Å². The first-order chi connectivity index (χ1) is 9.59. The van der Waals surface area contributed by atoms with Crippen LogP contribution in [-0.2, 0) is 4.79 Å². The standard InChI is InChI=1S/C16H31N3O/c1-4-13(2)18-15(20)14(3)19-11-10-17-12-16(19)8-6-5-7-9-16/h13-14,17H,4-12H2,1-3H3,(H,18,20). The zero-order valence-electron chi connectivity index (χ0n) is 13.4. The fraction of sp³-hybridized carbons (Fsp3) is 0.938. The van der Waals surface area contributed by atoms with E-state index in [2.05, 4.69) is 36.3 Å². The Kier molecular flexibility index (Phi) is 5.44. The van der Waals surface area contributed by atoms with Crippen LogP contribution in [0.3, 0.4) is 0 Å². The number of nitrogens with one attached hydrogen (secondary N) is 2. The predicted molar refractivity (Wildman–Crippen MR) is 82.7 cm³/mol. The van der Waals surface area contributed by atoms with Gasteiger partial charge in [-0.05, 0) is 33.1 Å². The van der Waals surface area contributed by atoms with Crippen LogP contribution in [0.5, 0.6) is 0 Å². The number of hydrogen-bond acceptors (Lipinski definition) is 3. The van der Waals surface area contributed by atoms with Crippen LogP contribution in [0, 0.1) is 0 Å². The summed E-state index contributed by atoms with van der Waals surface area (Å²) in [5.74, 6) is 0.200. The molecule has 0 aromatic heterocycles. The van der Waals surface area contributed by atoms with Gasteiger partial charge in [0.1, 0.15) is 0 Å². The van der Waals surface area contributed by atoms with Gasteiger partial charge in [-0.25, -0.2) is 0 Å². The van der Waals surface area contributed by atoms with Crippen molar-refractivity contribution in [3.05, 3.63) is 0 Å². The molecule has 4 nitrogen and oxygen atoms in total. The van der Waals surface area contributed by atoms with Crippen molar-refractivity contribution in [1.29, 1.82) is 0 Å². The SMILES string of the molecule is CCC(C)NC(=O)C(C)N1CCNCC12CCCCC2. The van der Waals surface area contributed by atoms with Gasteiger partial charge < -0.3 is 10.6 Å². The van der Waals surface area contributed by atoms with E-state index in [0.717, 1.165) is 26.1 Å². The number of piperazine rings is 1. The molecule has 2 aliphatic rings. The summed E-state index contributed by atoms with van der Waals surface area (Å²) >= 11 is 0. The highest BCUT2D eigenvalue weighted by Gasteiger charge is 2.43. The minimum absolute atomic E-state index is 0.0100. The van der Waals surface area contributed by atoms with Gasteiger partial charge in [-0.1, -0.05) is 26.2 Å². The lowest BCUT2D eigenvalue weighted by atomic mass is 9.78. The van der Waals surface area contributed by atoms with Crippen molar-refractivity contribution < 1.29 is 4.79 Å². The highest BCUT2D eigenvalue weighted by atomic mass is 16.2. The van der Waals surface area contributed by atoms with Gasteiger partial charge in [-0.2, -0.15) is 0 Å². The lowest BCUT2D eigenvalue weighted by Crippen LogP contribution is -2.66. The van der Waals surface area contributed by atoms with Gasteiger partial charge >= 0.3 is 0 Å². The minimum atomic E-state index is -0.0100. The molecule has 0 aromatic rings. The van der Waals surface area contributed by atoms with Crippen LogP contribution in [0.25, 0.3) is 0 Å². The van der Waals surface area contributed by atoms with E-state index in [9.17, 15) is 4.79 Å². The molecule has 2 unspecified atom stereocenters. The van der Waals surface area contributed by atoms with Crippen molar-refractivity contribution in [3.63, 3.8) is 0 Å². The van der Waals surface area contributed by atoms with Crippen molar-refractivity contribution >= 4 is 5.91 Å². The van der Waals surface area contributed by atoms with Crippen molar-refractivity contribution in [1.82, 2.24) is 15.5 Å². The van der Waals surface area contributed by atoms with Crippen LogP contribution in [0.1, 0.15) is 59.3 Å². The summed E-state index contributed by atoms with van der Waals surface area (Å²) in [6, 6.07) is 0.263. The number of amides is 1. The maximum absolute atomic E-state index is 12.5. The second-order valence-electron chi connectivity index (χ2n) is 6.65. The van der Waals surface area contributed by atoms with Crippen molar-refractivity contribution in [2.75, 3.05) is 19.6 Å². The molecule has 1 heterocycles. The molecule has 4 heteroatoms. The third-order valence-corrected chi connectivity index (χ3v) is 5.23. The van der Waals surface area contributed by atoms with Gasteiger partial charge in [-0.15, -0.1) is 0 Å². The van der Waals surface area contributed by atoms with E-state index in [0.29, 0.717) is 0 Å². The Labute approximate surface area is 123 Å². The van der Waals surface area contributed by atoms with Gasteiger partial charge in [0.25, 0.3) is 0 Å². The molecular weight excluding hydrogens is 250 g/mol. The molecule has 20 heavy (non-hydrogen) atoms. The van der Waals surface area contributed by atoms with E-state index in [1.54, 1.807) is 0 Å². The smallest absolute Gasteiger partial charge is 0.237 e. The van der Waals surface area contributed by atoms with E-state index in [-0.39, 0.29) is 23.5 Å². The van der Waals surface area contributed by atoms with Crippen molar-refractivity contribution in [2.24, 2.45) is 0 Å². The van der Waals surface area contributed by atoms with Crippen LogP contribution < -0.4 is 10.6 Å². The number of rotatable bonds is 4. The lowest BCUT2D eigenvalue weighted by Gasteiger charge is -2.52. The molecule has 1 saturated carbocycles. The third kappa shape index (κ3) is 3.34. The molecule has 0 radical (unpaired) electrons. The van der Waals surface area contributed by atoms with Crippen LogP contribution in [-0.4, -0.2) is 48.1 Å². The highest BCUT2D eigenvalue weighted by molar-refractivity contribution is 5.81. The van der Waals surface area contributed by atoms with E-state index < -0.39 is 0 Å². The largest absolute Gasteiger partial charge is 0.352 e. The highest BCUT2D eigenvalue weighted by Crippen LogP contribution is 2.35. The first-order valence-electron chi connectivity index (χ1n) is 8.37. The molecule has 0 bridgehead atoms. The molecule has 1 aliphatic heterocycles. The van der Waals surface area contributed by atoms with Crippen LogP contribution >= 0.6 is 0 Å². The lowest BCUT2D eigenvalue weighted by molar-refractivity contribution is -0.131. The molecule has 2 rings (SSSR count). The first kappa shape index (κ1) is 15.8. The second-order valence-corrected chi connectivity index (χ2v) is 6.65. The van der Waals surface area contributed by atoms with Crippen molar-refractivity contribution in [3.8, 4) is 0 Å². The molecule has 1 amide bonds. The van der Waals surface area contributed by atoms with E-state index >= 15 is 0 Å². The number of hydrogen-bond donors (Lipinski definition) is 2. The van der Waals surface area contributed by atoms with E-state index in [4.69, 9.17) is 0 Å². The van der Waals surface area contributed by atoms with Gasteiger partial charge in [0, 0.05) is 31.2 Å². The Morgan fingerprint density at radius 1 is 1.30 bits per heavy atom. The monoisotopic (exact) mass is 281 g/mol. The van der Waals surface area contributed by atoms with Crippen LogP contribution in [0.4, 0.5) is 0 Å². The first-order valence-corrected chi connectivity index (χ1v) is 8.37. The topological polar surface area (TPSA) is 44.4 Å². The third-order valence-electron chi connectivity index (χ3n) is 5.23.